The molecule has 0 aliphatic carbocycles. The topological polar surface area (TPSA) is 90.3 Å². The summed E-state index contributed by atoms with van der Waals surface area (Å²) in [6, 6.07) is 5.63. The molecule has 1 aromatic rings. The van der Waals surface area contributed by atoms with Crippen molar-refractivity contribution in [1.82, 2.24) is 0 Å². The van der Waals surface area contributed by atoms with Crippen LogP contribution in [0, 0.1) is 11.3 Å². The number of hydrogen-bond acceptors (Lipinski definition) is 4. The maximum atomic E-state index is 9.45. The van der Waals surface area contributed by atoms with E-state index < -0.39 is 12.1 Å². The van der Waals surface area contributed by atoms with E-state index >= 15 is 0 Å². The molecule has 74 valence electrons. The molecule has 0 aromatic heterocycles. The zero-order valence-corrected chi connectivity index (χ0v) is 7.81. The van der Waals surface area contributed by atoms with E-state index in [0.29, 0.717) is 11.1 Å². The Morgan fingerprint density at radius 1 is 1.50 bits per heavy atom. The van der Waals surface area contributed by atoms with Gasteiger partial charge in [0.1, 0.15) is 5.75 Å². The maximum Gasteiger partial charge on any atom is 0.120 e. The van der Waals surface area contributed by atoms with Gasteiger partial charge in [0.05, 0.1) is 23.8 Å². The minimum atomic E-state index is -0.769. The Morgan fingerprint density at radius 2 is 2.14 bits per heavy atom. The summed E-state index contributed by atoms with van der Waals surface area (Å²) in [6.07, 6.45) is -0.769. The summed E-state index contributed by atoms with van der Waals surface area (Å²) in [7, 11) is 0. The van der Waals surface area contributed by atoms with Gasteiger partial charge in [-0.15, -0.1) is 0 Å². The van der Waals surface area contributed by atoms with Gasteiger partial charge in [-0.05, 0) is 25.1 Å². The lowest BCUT2D eigenvalue weighted by molar-refractivity contribution is 0.163. The molecule has 1 unspecified atom stereocenters. The minimum Gasteiger partial charge on any atom is -0.508 e. The Morgan fingerprint density at radius 3 is 2.64 bits per heavy atom. The van der Waals surface area contributed by atoms with Crippen molar-refractivity contribution in [2.75, 3.05) is 0 Å². The average Bonchev–Trinajstić information content (AvgIpc) is 2.17. The number of phenolic OH excluding ortho intramolecular Hbond substituents is 1. The SMILES string of the molecule is CC(O)[C@@H](N)c1cc(C#N)ccc1O. The van der Waals surface area contributed by atoms with Crippen LogP contribution in [0.4, 0.5) is 0 Å². The molecule has 0 spiro atoms. The van der Waals surface area contributed by atoms with Gasteiger partial charge in [-0.25, -0.2) is 0 Å². The third-order valence-electron chi connectivity index (χ3n) is 2.04. The molecule has 0 aliphatic rings. The number of nitriles is 1. The Kier molecular flexibility index (Phi) is 3.07. The Bertz CT molecular complexity index is 369. The van der Waals surface area contributed by atoms with E-state index in [2.05, 4.69) is 0 Å². The van der Waals surface area contributed by atoms with Crippen LogP contribution in [-0.4, -0.2) is 16.3 Å². The number of phenols is 1. The standard InChI is InChI=1S/C10H12N2O2/c1-6(13)10(12)8-4-7(5-11)2-3-9(8)14/h2-4,6,10,13-14H,12H2,1H3/t6?,10-/m1/s1. The second-order valence-corrected chi connectivity index (χ2v) is 3.15. The quantitative estimate of drug-likeness (QED) is 0.641. The van der Waals surface area contributed by atoms with Gasteiger partial charge in [-0.1, -0.05) is 0 Å². The van der Waals surface area contributed by atoms with Crippen LogP contribution in [0.15, 0.2) is 18.2 Å². The Labute approximate surface area is 82.2 Å². The normalized spacial score (nSPS) is 14.4. The molecule has 1 rings (SSSR count). The molecule has 2 atom stereocenters. The number of benzene rings is 1. The first kappa shape index (κ1) is 10.5. The number of aromatic hydroxyl groups is 1. The van der Waals surface area contributed by atoms with E-state index in [1.807, 2.05) is 6.07 Å². The van der Waals surface area contributed by atoms with Crippen molar-refractivity contribution in [3.8, 4) is 11.8 Å². The van der Waals surface area contributed by atoms with E-state index in [-0.39, 0.29) is 5.75 Å². The van der Waals surface area contributed by atoms with E-state index in [1.54, 1.807) is 0 Å². The number of nitrogens with zero attached hydrogens (tertiary/aromatic N) is 1. The van der Waals surface area contributed by atoms with E-state index in [9.17, 15) is 10.2 Å². The number of rotatable bonds is 2. The van der Waals surface area contributed by atoms with Gasteiger partial charge in [0.15, 0.2) is 0 Å². The number of hydrogen-bond donors (Lipinski definition) is 3. The summed E-state index contributed by atoms with van der Waals surface area (Å²) in [4.78, 5) is 0. The number of nitrogens with two attached hydrogens (primary N) is 1. The molecular weight excluding hydrogens is 180 g/mol. The maximum absolute atomic E-state index is 9.45. The first-order chi connectivity index (χ1) is 6.56. The second kappa shape index (κ2) is 4.09. The fourth-order valence-corrected chi connectivity index (χ4v) is 1.15. The fourth-order valence-electron chi connectivity index (χ4n) is 1.15. The van der Waals surface area contributed by atoms with Crippen LogP contribution >= 0.6 is 0 Å². The highest BCUT2D eigenvalue weighted by molar-refractivity contribution is 5.43. The minimum absolute atomic E-state index is 0.00241. The second-order valence-electron chi connectivity index (χ2n) is 3.15. The third-order valence-corrected chi connectivity index (χ3v) is 2.04. The Balaban J connectivity index is 3.13. The molecule has 0 amide bonds. The lowest BCUT2D eigenvalue weighted by Crippen LogP contribution is -2.23. The van der Waals surface area contributed by atoms with Gasteiger partial charge in [-0.2, -0.15) is 5.26 Å². The summed E-state index contributed by atoms with van der Waals surface area (Å²) in [5, 5.41) is 27.3. The average molecular weight is 192 g/mol. The summed E-state index contributed by atoms with van der Waals surface area (Å²) in [6.45, 7) is 1.53. The molecule has 1 aromatic carbocycles. The van der Waals surface area contributed by atoms with Crippen LogP contribution in [-0.2, 0) is 0 Å². The largest absolute Gasteiger partial charge is 0.508 e. The fraction of sp³-hybridized carbons (Fsp3) is 0.300. The van der Waals surface area contributed by atoms with Gasteiger partial charge in [0.25, 0.3) is 0 Å². The van der Waals surface area contributed by atoms with E-state index in [1.165, 1.54) is 25.1 Å². The molecule has 0 fully saturated rings. The molecule has 0 saturated carbocycles. The highest BCUT2D eigenvalue weighted by Gasteiger charge is 2.16. The summed E-state index contributed by atoms with van der Waals surface area (Å²) >= 11 is 0. The van der Waals surface area contributed by atoms with Crippen LogP contribution in [0.1, 0.15) is 24.1 Å². The molecule has 0 heterocycles. The number of aliphatic hydroxyl groups is 1. The van der Waals surface area contributed by atoms with Gasteiger partial charge < -0.3 is 15.9 Å². The van der Waals surface area contributed by atoms with Gasteiger partial charge >= 0.3 is 0 Å². The van der Waals surface area contributed by atoms with Gasteiger partial charge in [0, 0.05) is 5.56 Å². The van der Waals surface area contributed by atoms with Gasteiger partial charge in [0.2, 0.25) is 0 Å². The molecular formula is C10H12N2O2. The highest BCUT2D eigenvalue weighted by atomic mass is 16.3. The lowest BCUT2D eigenvalue weighted by atomic mass is 10.0. The zero-order valence-electron chi connectivity index (χ0n) is 7.81. The highest BCUT2D eigenvalue weighted by Crippen LogP contribution is 2.25. The molecule has 0 radical (unpaired) electrons. The van der Waals surface area contributed by atoms with Crippen molar-refractivity contribution in [1.29, 1.82) is 5.26 Å². The van der Waals surface area contributed by atoms with Crippen molar-refractivity contribution >= 4 is 0 Å². The monoisotopic (exact) mass is 192 g/mol. The van der Waals surface area contributed by atoms with Crippen LogP contribution in [0.25, 0.3) is 0 Å². The van der Waals surface area contributed by atoms with Crippen LogP contribution < -0.4 is 5.73 Å². The zero-order chi connectivity index (χ0) is 10.7. The predicted molar refractivity (Wildman–Crippen MR) is 51.4 cm³/mol. The molecule has 4 nitrogen and oxygen atoms in total. The molecule has 14 heavy (non-hydrogen) atoms. The third kappa shape index (κ3) is 2.02. The van der Waals surface area contributed by atoms with Gasteiger partial charge in [-0.3, -0.25) is 0 Å². The molecule has 4 heteroatoms. The summed E-state index contributed by atoms with van der Waals surface area (Å²) < 4.78 is 0. The lowest BCUT2D eigenvalue weighted by Gasteiger charge is -2.16. The molecule has 0 saturated heterocycles. The molecule has 0 aliphatic heterocycles. The van der Waals surface area contributed by atoms with E-state index in [0.717, 1.165) is 0 Å². The Hall–Kier alpha value is -1.57. The first-order valence-electron chi connectivity index (χ1n) is 4.23. The molecule has 0 bridgehead atoms. The van der Waals surface area contributed by atoms with Crippen molar-refractivity contribution in [2.24, 2.45) is 5.73 Å². The smallest absolute Gasteiger partial charge is 0.120 e. The van der Waals surface area contributed by atoms with Crippen LogP contribution in [0.2, 0.25) is 0 Å². The van der Waals surface area contributed by atoms with Crippen molar-refractivity contribution < 1.29 is 10.2 Å². The molecule has 4 N–H and O–H groups in total. The van der Waals surface area contributed by atoms with Crippen LogP contribution in [0.3, 0.4) is 0 Å². The van der Waals surface area contributed by atoms with Crippen LogP contribution in [0.5, 0.6) is 5.75 Å². The van der Waals surface area contributed by atoms with Crippen molar-refractivity contribution in [3.05, 3.63) is 29.3 Å². The summed E-state index contributed by atoms with van der Waals surface area (Å²) in [5.41, 5.74) is 6.44. The number of aliphatic hydroxyl groups excluding tert-OH is 1. The van der Waals surface area contributed by atoms with Crippen molar-refractivity contribution in [2.45, 2.75) is 19.1 Å². The predicted octanol–water partition coefficient (Wildman–Crippen LogP) is 0.644. The first-order valence-corrected chi connectivity index (χ1v) is 4.23. The summed E-state index contributed by atoms with van der Waals surface area (Å²) in [5.74, 6) is -0.00241. The van der Waals surface area contributed by atoms with E-state index in [4.69, 9.17) is 11.0 Å². The van der Waals surface area contributed by atoms with Crippen molar-refractivity contribution in [3.63, 3.8) is 0 Å².